The smallest absolute Gasteiger partial charge is 0.0619 e. The predicted molar refractivity (Wildman–Crippen MR) is 167 cm³/mol. The van der Waals surface area contributed by atoms with E-state index in [4.69, 9.17) is 0 Å². The first-order chi connectivity index (χ1) is 19.3. The molecule has 1 aromatic heterocycles. The van der Waals surface area contributed by atoms with Crippen LogP contribution in [-0.4, -0.2) is 4.57 Å². The molecule has 0 atom stereocenters. The third kappa shape index (κ3) is 2.85. The molecule has 1 nitrogen and oxygen atoms in total. The first-order valence-electron chi connectivity index (χ1n) is 13.5. The van der Waals surface area contributed by atoms with Gasteiger partial charge >= 0.3 is 0 Å². The van der Waals surface area contributed by atoms with Crippen LogP contribution in [0.25, 0.3) is 81.7 Å². The molecule has 0 aliphatic heterocycles. The lowest BCUT2D eigenvalue weighted by atomic mass is 9.89. The van der Waals surface area contributed by atoms with E-state index in [1.807, 2.05) is 0 Å². The summed E-state index contributed by atoms with van der Waals surface area (Å²) >= 11 is 0. The second-order valence-electron chi connectivity index (χ2n) is 10.6. The minimum Gasteiger partial charge on any atom is -0.309 e. The van der Waals surface area contributed by atoms with E-state index in [2.05, 4.69) is 144 Å². The Labute approximate surface area is 225 Å². The monoisotopic (exact) mass is 493 g/mol. The van der Waals surface area contributed by atoms with Gasteiger partial charge in [0.05, 0.1) is 11.0 Å². The Hall–Kier alpha value is -5.14. The van der Waals surface area contributed by atoms with Gasteiger partial charge in [-0.2, -0.15) is 0 Å². The van der Waals surface area contributed by atoms with Crippen molar-refractivity contribution in [3.8, 4) is 16.8 Å². The van der Waals surface area contributed by atoms with Crippen LogP contribution in [0, 0.1) is 0 Å². The van der Waals surface area contributed by atoms with Gasteiger partial charge in [0.1, 0.15) is 0 Å². The van der Waals surface area contributed by atoms with E-state index in [0.717, 1.165) is 0 Å². The summed E-state index contributed by atoms with van der Waals surface area (Å²) in [5.41, 5.74) is 6.21. The van der Waals surface area contributed by atoms with Gasteiger partial charge in [0, 0.05) is 21.8 Å². The maximum atomic E-state index is 2.43. The molecule has 0 spiro atoms. The van der Waals surface area contributed by atoms with Crippen LogP contribution in [0.5, 0.6) is 0 Å². The van der Waals surface area contributed by atoms with E-state index in [9.17, 15) is 0 Å². The van der Waals surface area contributed by atoms with Crippen molar-refractivity contribution in [2.75, 3.05) is 0 Å². The first kappa shape index (κ1) is 20.9. The van der Waals surface area contributed by atoms with Crippen molar-refractivity contribution in [3.05, 3.63) is 140 Å². The van der Waals surface area contributed by atoms with Crippen LogP contribution >= 0.6 is 0 Å². The lowest BCUT2D eigenvalue weighted by molar-refractivity contribution is 1.19. The molecule has 0 aliphatic carbocycles. The van der Waals surface area contributed by atoms with Crippen molar-refractivity contribution in [1.82, 2.24) is 4.57 Å². The van der Waals surface area contributed by atoms with Crippen LogP contribution in [-0.2, 0) is 0 Å². The van der Waals surface area contributed by atoms with Gasteiger partial charge in [-0.1, -0.05) is 115 Å². The maximum absolute atomic E-state index is 2.43. The van der Waals surface area contributed by atoms with Crippen LogP contribution < -0.4 is 0 Å². The molecule has 0 saturated carbocycles. The SMILES string of the molecule is c1ccc(-n2c3ccc(-c4ccc5ccc6cccc7ccc4c5c67)cc3c3ccc4ccccc4c32)cc1. The van der Waals surface area contributed by atoms with Crippen LogP contribution in [0.15, 0.2) is 140 Å². The molecule has 180 valence electrons. The lowest BCUT2D eigenvalue weighted by Gasteiger charge is -2.14. The highest BCUT2D eigenvalue weighted by molar-refractivity contribution is 6.26. The highest BCUT2D eigenvalue weighted by Crippen LogP contribution is 2.42. The minimum absolute atomic E-state index is 1.18. The van der Waals surface area contributed by atoms with Crippen LogP contribution in [0.2, 0.25) is 0 Å². The van der Waals surface area contributed by atoms with Crippen molar-refractivity contribution in [2.24, 2.45) is 0 Å². The van der Waals surface area contributed by atoms with Crippen LogP contribution in [0.1, 0.15) is 0 Å². The summed E-state index contributed by atoms with van der Waals surface area (Å²) < 4.78 is 2.43. The van der Waals surface area contributed by atoms with E-state index in [1.165, 1.54) is 81.7 Å². The largest absolute Gasteiger partial charge is 0.309 e. The second-order valence-corrected chi connectivity index (χ2v) is 10.6. The number of rotatable bonds is 2. The third-order valence-electron chi connectivity index (χ3n) is 8.51. The van der Waals surface area contributed by atoms with E-state index < -0.39 is 0 Å². The van der Waals surface area contributed by atoms with Gasteiger partial charge in [-0.15, -0.1) is 0 Å². The molecule has 1 heteroatoms. The number of para-hydroxylation sites is 1. The molecule has 0 aliphatic rings. The van der Waals surface area contributed by atoms with Crippen molar-refractivity contribution in [1.29, 1.82) is 0 Å². The fourth-order valence-electron chi connectivity index (χ4n) is 6.78. The van der Waals surface area contributed by atoms with Gasteiger partial charge in [-0.05, 0) is 73.1 Å². The molecule has 8 aromatic carbocycles. The Bertz CT molecular complexity index is 2360. The summed E-state index contributed by atoms with van der Waals surface area (Å²) in [5, 5.41) is 13.0. The highest BCUT2D eigenvalue weighted by Gasteiger charge is 2.17. The number of aromatic nitrogens is 1. The molecule has 0 fully saturated rings. The highest BCUT2D eigenvalue weighted by atomic mass is 15.0. The molecule has 1 heterocycles. The zero-order valence-corrected chi connectivity index (χ0v) is 21.2. The normalized spacial score (nSPS) is 12.1. The Morgan fingerprint density at radius 2 is 1.05 bits per heavy atom. The molecule has 0 N–H and O–H groups in total. The molecule has 0 radical (unpaired) electrons. The summed E-state index contributed by atoms with van der Waals surface area (Å²) in [4.78, 5) is 0. The quantitative estimate of drug-likeness (QED) is 0.211. The van der Waals surface area contributed by atoms with Crippen molar-refractivity contribution in [3.63, 3.8) is 0 Å². The van der Waals surface area contributed by atoms with E-state index in [1.54, 1.807) is 0 Å². The number of nitrogens with zero attached hydrogens (tertiary/aromatic N) is 1. The third-order valence-corrected chi connectivity index (χ3v) is 8.51. The zero-order chi connectivity index (χ0) is 25.5. The second kappa shape index (κ2) is 7.69. The van der Waals surface area contributed by atoms with E-state index >= 15 is 0 Å². The van der Waals surface area contributed by atoms with Crippen LogP contribution in [0.4, 0.5) is 0 Å². The van der Waals surface area contributed by atoms with Crippen molar-refractivity contribution >= 4 is 64.9 Å². The van der Waals surface area contributed by atoms with Gasteiger partial charge in [0.2, 0.25) is 0 Å². The fourth-order valence-corrected chi connectivity index (χ4v) is 6.78. The zero-order valence-electron chi connectivity index (χ0n) is 21.2. The molecule has 0 unspecified atom stereocenters. The average Bonchev–Trinajstić information content (AvgIpc) is 3.34. The molecular weight excluding hydrogens is 470 g/mol. The van der Waals surface area contributed by atoms with Gasteiger partial charge in [-0.3, -0.25) is 0 Å². The standard InChI is InChI=1S/C38H23N/c1-2-10-29(11-3-1)39-35-22-18-28(23-34(35)33-21-15-24-7-4-5-12-31(24)38(33)39)30-19-16-27-14-13-25-8-6-9-26-17-20-32(30)37(27)36(25)26/h1-23H. The van der Waals surface area contributed by atoms with Crippen molar-refractivity contribution in [2.45, 2.75) is 0 Å². The number of fused-ring (bicyclic) bond motifs is 5. The van der Waals surface area contributed by atoms with E-state index in [-0.39, 0.29) is 0 Å². The molecule has 0 bridgehead atoms. The molecule has 9 aromatic rings. The van der Waals surface area contributed by atoms with Crippen LogP contribution in [0.3, 0.4) is 0 Å². The predicted octanol–water partition coefficient (Wildman–Crippen LogP) is 10.5. The Morgan fingerprint density at radius 3 is 1.92 bits per heavy atom. The lowest BCUT2D eigenvalue weighted by Crippen LogP contribution is -1.94. The topological polar surface area (TPSA) is 4.93 Å². The fraction of sp³-hybridized carbons (Fsp3) is 0. The summed E-state index contributed by atoms with van der Waals surface area (Å²) in [6.45, 7) is 0. The van der Waals surface area contributed by atoms with E-state index in [0.29, 0.717) is 0 Å². The number of hydrogen-bond donors (Lipinski definition) is 0. The Morgan fingerprint density at radius 1 is 0.385 bits per heavy atom. The summed E-state index contributed by atoms with van der Waals surface area (Å²) in [7, 11) is 0. The first-order valence-corrected chi connectivity index (χ1v) is 13.5. The average molecular weight is 494 g/mol. The minimum atomic E-state index is 1.18. The van der Waals surface area contributed by atoms with Gasteiger partial charge in [0.15, 0.2) is 0 Å². The van der Waals surface area contributed by atoms with Gasteiger partial charge in [0.25, 0.3) is 0 Å². The number of hydrogen-bond acceptors (Lipinski definition) is 0. The molecule has 0 amide bonds. The maximum Gasteiger partial charge on any atom is 0.0619 e. The molecule has 9 rings (SSSR count). The molecule has 0 saturated heterocycles. The summed E-state index contributed by atoms with van der Waals surface area (Å²) in [5.74, 6) is 0. The van der Waals surface area contributed by atoms with Crippen molar-refractivity contribution < 1.29 is 0 Å². The van der Waals surface area contributed by atoms with Gasteiger partial charge in [-0.25, -0.2) is 0 Å². The molecule has 39 heavy (non-hydrogen) atoms. The Balaban J connectivity index is 1.39. The Kier molecular flexibility index (Phi) is 4.11. The summed E-state index contributed by atoms with van der Waals surface area (Å²) in [6, 6.07) is 51.3. The van der Waals surface area contributed by atoms with Gasteiger partial charge < -0.3 is 4.57 Å². The summed E-state index contributed by atoms with van der Waals surface area (Å²) in [6.07, 6.45) is 0. The number of benzene rings is 8. The molecular formula is C38H23N.